The largest absolute Gasteiger partial charge is 0.353 e. The average molecular weight is 331 g/mol. The highest BCUT2D eigenvalue weighted by Gasteiger charge is 2.24. The maximum absolute atomic E-state index is 12.1. The lowest BCUT2D eigenvalue weighted by Gasteiger charge is -2.28. The summed E-state index contributed by atoms with van der Waals surface area (Å²) in [5.41, 5.74) is 0.737. The molecule has 132 valence electrons. The number of benzene rings is 1. The van der Waals surface area contributed by atoms with E-state index in [1.807, 2.05) is 39.0 Å². The number of likely N-dealkylation sites (tertiary alicyclic amines) is 1. The number of amides is 2. The predicted molar refractivity (Wildman–Crippen MR) is 95.5 cm³/mol. The van der Waals surface area contributed by atoms with Crippen LogP contribution >= 0.6 is 0 Å². The van der Waals surface area contributed by atoms with Crippen molar-refractivity contribution < 1.29 is 9.59 Å². The zero-order valence-electron chi connectivity index (χ0n) is 15.0. The number of nitrogens with one attached hydrogen (secondary N) is 2. The summed E-state index contributed by atoms with van der Waals surface area (Å²) in [5.74, 6) is -0.260. The third kappa shape index (κ3) is 5.34. The first-order chi connectivity index (χ1) is 11.4. The van der Waals surface area contributed by atoms with Crippen molar-refractivity contribution in [2.45, 2.75) is 39.7 Å². The Hall–Kier alpha value is -1.88. The number of hydrogen-bond donors (Lipinski definition) is 2. The Balaban J connectivity index is 1.88. The SMILES string of the molecule is CC(C)(C)C(=O)NCC(=O)NC[C@H](c1ccccc1)N1CCCC1. The van der Waals surface area contributed by atoms with E-state index in [0.29, 0.717) is 6.54 Å². The quantitative estimate of drug-likeness (QED) is 0.839. The van der Waals surface area contributed by atoms with Crippen LogP contribution in [0.5, 0.6) is 0 Å². The first-order valence-electron chi connectivity index (χ1n) is 8.72. The molecular formula is C19H29N3O2. The van der Waals surface area contributed by atoms with Gasteiger partial charge in [-0.25, -0.2) is 0 Å². The monoisotopic (exact) mass is 331 g/mol. The van der Waals surface area contributed by atoms with E-state index in [1.54, 1.807) is 0 Å². The summed E-state index contributed by atoms with van der Waals surface area (Å²) in [6.45, 7) is 8.22. The Morgan fingerprint density at radius 2 is 1.71 bits per heavy atom. The standard InChI is InChI=1S/C19H29N3O2/c1-19(2,3)18(24)21-14-17(23)20-13-16(22-11-7-8-12-22)15-9-5-4-6-10-15/h4-6,9-10,16H,7-8,11-14H2,1-3H3,(H,20,23)(H,21,24)/t16-/m1/s1. The fourth-order valence-electron chi connectivity index (χ4n) is 2.88. The summed E-state index contributed by atoms with van der Waals surface area (Å²) >= 11 is 0. The molecule has 1 fully saturated rings. The van der Waals surface area contributed by atoms with Gasteiger partial charge in [0, 0.05) is 12.0 Å². The maximum atomic E-state index is 12.1. The van der Waals surface area contributed by atoms with E-state index in [2.05, 4.69) is 27.7 Å². The van der Waals surface area contributed by atoms with Crippen molar-refractivity contribution in [3.05, 3.63) is 35.9 Å². The summed E-state index contributed by atoms with van der Waals surface area (Å²) in [4.78, 5) is 26.3. The van der Waals surface area contributed by atoms with E-state index in [4.69, 9.17) is 0 Å². The van der Waals surface area contributed by atoms with Crippen molar-refractivity contribution in [2.24, 2.45) is 5.41 Å². The van der Waals surface area contributed by atoms with E-state index < -0.39 is 5.41 Å². The van der Waals surface area contributed by atoms with Gasteiger partial charge < -0.3 is 10.6 Å². The van der Waals surface area contributed by atoms with E-state index in [-0.39, 0.29) is 24.4 Å². The van der Waals surface area contributed by atoms with Crippen LogP contribution in [0.15, 0.2) is 30.3 Å². The maximum Gasteiger partial charge on any atom is 0.239 e. The van der Waals surface area contributed by atoms with Crippen LogP contribution in [-0.2, 0) is 9.59 Å². The third-order valence-corrected chi connectivity index (χ3v) is 4.35. The van der Waals surface area contributed by atoms with Crippen molar-refractivity contribution in [3.8, 4) is 0 Å². The molecule has 2 rings (SSSR count). The molecule has 1 saturated heterocycles. The van der Waals surface area contributed by atoms with Crippen LogP contribution in [-0.4, -0.2) is 42.9 Å². The zero-order valence-corrected chi connectivity index (χ0v) is 15.0. The average Bonchev–Trinajstić information content (AvgIpc) is 3.07. The molecule has 1 aromatic carbocycles. The van der Waals surface area contributed by atoms with Crippen LogP contribution < -0.4 is 10.6 Å². The first kappa shape index (κ1) is 18.5. The van der Waals surface area contributed by atoms with Crippen molar-refractivity contribution in [1.82, 2.24) is 15.5 Å². The van der Waals surface area contributed by atoms with Crippen LogP contribution in [0.2, 0.25) is 0 Å². The van der Waals surface area contributed by atoms with Gasteiger partial charge in [0.25, 0.3) is 0 Å². The van der Waals surface area contributed by atoms with Crippen molar-refractivity contribution in [2.75, 3.05) is 26.2 Å². The molecule has 2 N–H and O–H groups in total. The number of hydrogen-bond acceptors (Lipinski definition) is 3. The fourth-order valence-corrected chi connectivity index (χ4v) is 2.88. The van der Waals surface area contributed by atoms with Crippen molar-refractivity contribution in [1.29, 1.82) is 0 Å². The van der Waals surface area contributed by atoms with Crippen molar-refractivity contribution in [3.63, 3.8) is 0 Å². The molecule has 0 unspecified atom stereocenters. The number of rotatable bonds is 6. The highest BCUT2D eigenvalue weighted by Crippen LogP contribution is 2.24. The molecule has 1 aliphatic heterocycles. The Bertz CT molecular complexity index is 545. The van der Waals surface area contributed by atoms with E-state index in [0.717, 1.165) is 13.1 Å². The van der Waals surface area contributed by atoms with Crippen LogP contribution in [0.1, 0.15) is 45.2 Å². The Morgan fingerprint density at radius 1 is 1.08 bits per heavy atom. The molecule has 5 nitrogen and oxygen atoms in total. The Morgan fingerprint density at radius 3 is 2.29 bits per heavy atom. The van der Waals surface area contributed by atoms with Crippen molar-refractivity contribution >= 4 is 11.8 Å². The Kier molecular flexibility index (Phi) is 6.37. The molecule has 0 aliphatic carbocycles. The molecular weight excluding hydrogens is 302 g/mol. The molecule has 0 radical (unpaired) electrons. The minimum Gasteiger partial charge on any atom is -0.353 e. The second-order valence-electron chi connectivity index (χ2n) is 7.41. The molecule has 1 aromatic rings. The lowest BCUT2D eigenvalue weighted by molar-refractivity contribution is -0.131. The highest BCUT2D eigenvalue weighted by molar-refractivity contribution is 5.87. The minimum absolute atomic E-state index is 0.0254. The lowest BCUT2D eigenvalue weighted by atomic mass is 9.96. The molecule has 24 heavy (non-hydrogen) atoms. The lowest BCUT2D eigenvalue weighted by Crippen LogP contribution is -2.44. The van der Waals surface area contributed by atoms with E-state index in [9.17, 15) is 9.59 Å². The van der Waals surface area contributed by atoms with Gasteiger partial charge in [0.1, 0.15) is 0 Å². The molecule has 5 heteroatoms. The van der Waals surface area contributed by atoms with Gasteiger partial charge in [0.2, 0.25) is 11.8 Å². The van der Waals surface area contributed by atoms with Crippen LogP contribution in [0.25, 0.3) is 0 Å². The summed E-state index contributed by atoms with van der Waals surface area (Å²) in [6.07, 6.45) is 2.41. The van der Waals surface area contributed by atoms with E-state index >= 15 is 0 Å². The molecule has 2 amide bonds. The van der Waals surface area contributed by atoms with E-state index in [1.165, 1.54) is 18.4 Å². The van der Waals surface area contributed by atoms with Gasteiger partial charge in [-0.1, -0.05) is 51.1 Å². The highest BCUT2D eigenvalue weighted by atomic mass is 16.2. The number of nitrogens with zero attached hydrogens (tertiary/aromatic N) is 1. The van der Waals surface area contributed by atoms with Crippen LogP contribution in [0.3, 0.4) is 0 Å². The van der Waals surface area contributed by atoms with Gasteiger partial charge in [-0.2, -0.15) is 0 Å². The van der Waals surface area contributed by atoms with Gasteiger partial charge in [0.05, 0.1) is 12.6 Å². The molecule has 1 aliphatic rings. The molecule has 0 bridgehead atoms. The van der Waals surface area contributed by atoms with Gasteiger partial charge in [0.15, 0.2) is 0 Å². The van der Waals surface area contributed by atoms with Crippen LogP contribution in [0, 0.1) is 5.41 Å². The minimum atomic E-state index is -0.484. The second kappa shape index (κ2) is 8.29. The van der Waals surface area contributed by atoms with Gasteiger partial charge in [-0.3, -0.25) is 14.5 Å². The smallest absolute Gasteiger partial charge is 0.239 e. The molecule has 0 saturated carbocycles. The van der Waals surface area contributed by atoms with Gasteiger partial charge in [-0.15, -0.1) is 0 Å². The molecule has 0 aromatic heterocycles. The fraction of sp³-hybridized carbons (Fsp3) is 0.579. The van der Waals surface area contributed by atoms with Crippen LogP contribution in [0.4, 0.5) is 0 Å². The van der Waals surface area contributed by atoms with Gasteiger partial charge >= 0.3 is 0 Å². The normalized spacial score (nSPS) is 16.6. The second-order valence-corrected chi connectivity index (χ2v) is 7.41. The predicted octanol–water partition coefficient (Wildman–Crippen LogP) is 2.10. The third-order valence-electron chi connectivity index (χ3n) is 4.35. The topological polar surface area (TPSA) is 61.4 Å². The molecule has 1 heterocycles. The number of carbonyl (C=O) groups excluding carboxylic acids is 2. The summed E-state index contributed by atoms with van der Waals surface area (Å²) in [6, 6.07) is 10.5. The summed E-state index contributed by atoms with van der Waals surface area (Å²) in [5, 5.41) is 5.66. The summed E-state index contributed by atoms with van der Waals surface area (Å²) in [7, 11) is 0. The molecule has 1 atom stereocenters. The van der Waals surface area contributed by atoms with Gasteiger partial charge in [-0.05, 0) is 31.5 Å². The zero-order chi connectivity index (χ0) is 17.6. The molecule has 0 spiro atoms. The Labute approximate surface area is 144 Å². The summed E-state index contributed by atoms with van der Waals surface area (Å²) < 4.78 is 0. The number of carbonyl (C=O) groups is 2. The first-order valence-corrected chi connectivity index (χ1v) is 8.72.